The molecule has 1 aliphatic rings. The molecule has 27 nitrogen and oxygen atoms in total. The lowest BCUT2D eigenvalue weighted by molar-refractivity contribution is -0.142. The number of nitrogens with one attached hydrogen (secondary N) is 7. The molecular formula is C42H66N16O11. The highest BCUT2D eigenvalue weighted by Gasteiger charge is 2.40. The first-order chi connectivity index (χ1) is 32.7. The number of aliphatic carboxylic acids is 1. The summed E-state index contributed by atoms with van der Waals surface area (Å²) in [7, 11) is 0. The molecule has 0 aliphatic carbocycles. The van der Waals surface area contributed by atoms with Gasteiger partial charge < -0.3 is 85.8 Å². The number of benzene rings is 1. The molecule has 1 fully saturated rings. The average molecular weight is 971 g/mol. The van der Waals surface area contributed by atoms with E-state index in [1.165, 1.54) is 17.4 Å². The number of nitrogens with two attached hydrogens (primary N) is 5. The van der Waals surface area contributed by atoms with Crippen LogP contribution in [0.1, 0.15) is 63.6 Å². The lowest BCUT2D eigenvalue weighted by atomic mass is 10.0. The van der Waals surface area contributed by atoms with Crippen LogP contribution in [-0.4, -0.2) is 170 Å². The van der Waals surface area contributed by atoms with Crippen LogP contribution in [0.2, 0.25) is 0 Å². The predicted octanol–water partition coefficient (Wildman–Crippen LogP) is -5.99. The monoisotopic (exact) mass is 971 g/mol. The molecule has 2 heterocycles. The van der Waals surface area contributed by atoms with Gasteiger partial charge in [0, 0.05) is 44.4 Å². The highest BCUT2D eigenvalue weighted by Crippen LogP contribution is 2.21. The molecule has 7 amide bonds. The summed E-state index contributed by atoms with van der Waals surface area (Å²) in [4.78, 5) is 123. The number of imidazole rings is 1. The van der Waals surface area contributed by atoms with E-state index < -0.39 is 108 Å². The van der Waals surface area contributed by atoms with Crippen molar-refractivity contribution in [2.75, 3.05) is 26.2 Å². The van der Waals surface area contributed by atoms with Gasteiger partial charge in [0.1, 0.15) is 42.3 Å². The molecule has 0 saturated carbocycles. The van der Waals surface area contributed by atoms with Gasteiger partial charge in [0.25, 0.3) is 0 Å². The van der Waals surface area contributed by atoms with E-state index in [4.69, 9.17) is 28.7 Å². The number of carbonyl (C=O) groups is 8. The van der Waals surface area contributed by atoms with E-state index in [-0.39, 0.29) is 76.5 Å². The molecule has 3 rings (SSSR count). The minimum atomic E-state index is -1.81. The first kappa shape index (κ1) is 55.9. The van der Waals surface area contributed by atoms with Gasteiger partial charge in [0.2, 0.25) is 41.4 Å². The summed E-state index contributed by atoms with van der Waals surface area (Å²) in [5.41, 5.74) is 28.2. The van der Waals surface area contributed by atoms with E-state index in [9.17, 15) is 53.7 Å². The Labute approximate surface area is 397 Å². The van der Waals surface area contributed by atoms with Crippen molar-refractivity contribution in [2.24, 2.45) is 38.7 Å². The number of aliphatic hydroxyl groups excluding tert-OH is 2. The average Bonchev–Trinajstić information content (AvgIpc) is 4.01. The van der Waals surface area contributed by atoms with Crippen molar-refractivity contribution in [1.29, 1.82) is 0 Å². The topological polar surface area (TPSA) is 456 Å². The lowest BCUT2D eigenvalue weighted by Crippen LogP contribution is -2.63. The third kappa shape index (κ3) is 18.7. The van der Waals surface area contributed by atoms with Crippen LogP contribution in [0.5, 0.6) is 0 Å². The Morgan fingerprint density at radius 3 is 1.83 bits per heavy atom. The number of aromatic nitrogens is 2. The molecule has 0 radical (unpaired) electrons. The van der Waals surface area contributed by atoms with Crippen molar-refractivity contribution in [3.8, 4) is 0 Å². The van der Waals surface area contributed by atoms with E-state index >= 15 is 0 Å². The zero-order valence-corrected chi connectivity index (χ0v) is 38.5. The Hall–Kier alpha value is -7.39. The summed E-state index contributed by atoms with van der Waals surface area (Å²) >= 11 is 0. The summed E-state index contributed by atoms with van der Waals surface area (Å²) < 4.78 is 0. The van der Waals surface area contributed by atoms with Crippen molar-refractivity contribution >= 4 is 59.2 Å². The molecule has 2 aromatic rings. The Morgan fingerprint density at radius 1 is 0.739 bits per heavy atom. The van der Waals surface area contributed by atoms with Crippen LogP contribution in [0.15, 0.2) is 52.8 Å². The van der Waals surface area contributed by atoms with Crippen molar-refractivity contribution in [1.82, 2.24) is 46.8 Å². The summed E-state index contributed by atoms with van der Waals surface area (Å²) in [6, 6.07) is -1.61. The smallest absolute Gasteiger partial charge is 0.326 e. The molecule has 20 N–H and O–H groups in total. The molecule has 1 aromatic heterocycles. The molecule has 69 heavy (non-hydrogen) atoms. The second kappa shape index (κ2) is 28.1. The number of carboxylic acid groups (broad SMARTS) is 1. The molecule has 1 aromatic carbocycles. The fourth-order valence-corrected chi connectivity index (χ4v) is 7.27. The van der Waals surface area contributed by atoms with Gasteiger partial charge in [-0.15, -0.1) is 0 Å². The Kier molecular flexibility index (Phi) is 22.7. The SMILES string of the molecule is C[C@@H](O)[C@H](NC(=O)[C@H](CCCN=C(N)N)NC(=O)[C@@H]1CCCN1C(=O)[C@H](CCCN=C(N)N)NC(=O)CN)C(=O)N[C@H](C(=O)N[C@@H](Cc1cnc[nH]1)C(=O)N[C@@H](Cc1ccccc1)C(=O)O)[C@@H](C)O. The van der Waals surface area contributed by atoms with E-state index in [2.05, 4.69) is 51.9 Å². The number of hydrogen-bond acceptors (Lipinski definition) is 14. The maximum absolute atomic E-state index is 14.0. The zero-order chi connectivity index (χ0) is 51.2. The Balaban J connectivity index is 1.81. The standard InChI is InChI=1S/C42H66N16O11/c1-22(59)32(37(65)54-28(18-25-20-48-21-51-25)35(63)55-29(40(68)69)17-24-9-4-3-5-10-24)57-38(66)33(23(2)60)56-34(62)26(11-6-14-49-41(44)45)53-36(64)30-13-8-16-58(30)39(67)27(52-31(61)19-43)12-7-15-50-42(46)47/h3-5,9-10,20-23,26-30,32-33,59-60H,6-8,11-19,43H2,1-2H3,(H,48,51)(H,52,61)(H,53,64)(H,54,65)(H,55,63)(H,56,62)(H,57,66)(H,68,69)(H4,44,45,49)(H4,46,47,50)/t22-,23-,26+,27+,28+,29+,30+,32+,33+/m1/s1. The normalized spacial score (nSPS) is 16.7. The molecule has 380 valence electrons. The number of aliphatic imine (C=N–C) groups is 2. The zero-order valence-electron chi connectivity index (χ0n) is 38.5. The van der Waals surface area contributed by atoms with E-state index in [0.717, 1.165) is 13.8 Å². The summed E-state index contributed by atoms with van der Waals surface area (Å²) in [6.07, 6.45) is 0.0696. The second-order valence-electron chi connectivity index (χ2n) is 16.4. The molecule has 0 bridgehead atoms. The van der Waals surface area contributed by atoms with E-state index in [1.807, 2.05) is 0 Å². The maximum atomic E-state index is 14.0. The highest BCUT2D eigenvalue weighted by molar-refractivity contribution is 5.98. The lowest BCUT2D eigenvalue weighted by Gasteiger charge is -2.31. The fraction of sp³-hybridized carbons (Fsp3) is 0.548. The number of aliphatic hydroxyl groups is 2. The Bertz CT molecular complexity index is 2100. The van der Waals surface area contributed by atoms with Crippen LogP contribution in [-0.2, 0) is 51.2 Å². The quantitative estimate of drug-likeness (QED) is 0.0214. The number of rotatable bonds is 28. The number of carboxylic acids is 1. The number of aromatic amines is 1. The van der Waals surface area contributed by atoms with Crippen LogP contribution < -0.4 is 60.6 Å². The van der Waals surface area contributed by atoms with Crippen molar-refractivity contribution in [2.45, 2.75) is 120 Å². The number of nitrogens with zero attached hydrogens (tertiary/aromatic N) is 4. The Morgan fingerprint density at radius 2 is 1.29 bits per heavy atom. The first-order valence-electron chi connectivity index (χ1n) is 22.2. The third-order valence-electron chi connectivity index (χ3n) is 10.8. The minimum absolute atomic E-state index is 0.0211. The summed E-state index contributed by atoms with van der Waals surface area (Å²) in [5.74, 6) is -7.85. The second-order valence-corrected chi connectivity index (χ2v) is 16.4. The third-order valence-corrected chi connectivity index (χ3v) is 10.8. The largest absolute Gasteiger partial charge is 0.480 e. The van der Waals surface area contributed by atoms with E-state index in [0.29, 0.717) is 17.7 Å². The van der Waals surface area contributed by atoms with Gasteiger partial charge in [-0.3, -0.25) is 43.5 Å². The predicted molar refractivity (Wildman–Crippen MR) is 249 cm³/mol. The summed E-state index contributed by atoms with van der Waals surface area (Å²) in [6.45, 7) is 2.22. The van der Waals surface area contributed by atoms with Gasteiger partial charge in [-0.25, -0.2) is 9.78 Å². The van der Waals surface area contributed by atoms with Crippen molar-refractivity contribution in [3.63, 3.8) is 0 Å². The van der Waals surface area contributed by atoms with Gasteiger partial charge in [0.05, 0.1) is 25.1 Å². The molecule has 1 saturated heterocycles. The highest BCUT2D eigenvalue weighted by atomic mass is 16.4. The molecule has 1 aliphatic heterocycles. The maximum Gasteiger partial charge on any atom is 0.326 e. The van der Waals surface area contributed by atoms with E-state index in [1.54, 1.807) is 30.3 Å². The molecule has 0 unspecified atom stereocenters. The number of guanidine groups is 2. The number of carbonyl (C=O) groups excluding carboxylic acids is 7. The van der Waals surface area contributed by atoms with Gasteiger partial charge in [-0.2, -0.15) is 0 Å². The molecular weight excluding hydrogens is 905 g/mol. The summed E-state index contributed by atoms with van der Waals surface area (Å²) in [5, 5.41) is 46.2. The number of amides is 7. The first-order valence-corrected chi connectivity index (χ1v) is 22.2. The number of H-pyrrole nitrogens is 1. The minimum Gasteiger partial charge on any atom is -0.480 e. The van der Waals surface area contributed by atoms with Crippen LogP contribution in [0.4, 0.5) is 0 Å². The molecule has 9 atom stereocenters. The van der Waals surface area contributed by atoms with Gasteiger partial charge in [-0.1, -0.05) is 30.3 Å². The van der Waals surface area contributed by atoms with Gasteiger partial charge >= 0.3 is 5.97 Å². The molecule has 0 spiro atoms. The van der Waals surface area contributed by atoms with Crippen LogP contribution in [0, 0.1) is 0 Å². The van der Waals surface area contributed by atoms with Crippen LogP contribution in [0.25, 0.3) is 0 Å². The van der Waals surface area contributed by atoms with Gasteiger partial charge in [-0.05, 0) is 57.9 Å². The van der Waals surface area contributed by atoms with Crippen LogP contribution >= 0.6 is 0 Å². The van der Waals surface area contributed by atoms with Crippen molar-refractivity contribution in [3.05, 3.63) is 54.1 Å². The van der Waals surface area contributed by atoms with Gasteiger partial charge in [0.15, 0.2) is 11.9 Å². The van der Waals surface area contributed by atoms with Crippen molar-refractivity contribution < 1.29 is 53.7 Å². The molecule has 27 heteroatoms. The van der Waals surface area contributed by atoms with Crippen LogP contribution in [0.3, 0.4) is 0 Å². The number of likely N-dealkylation sites (tertiary alicyclic amines) is 1. The number of hydrogen-bond donors (Lipinski definition) is 15. The fourth-order valence-electron chi connectivity index (χ4n) is 7.27.